The summed E-state index contributed by atoms with van der Waals surface area (Å²) in [6.07, 6.45) is 1.02. The molecular weight excluding hydrogens is 423 g/mol. The molecular formula is C12H14BrFN6O4S. The van der Waals surface area contributed by atoms with Gasteiger partial charge in [0.15, 0.2) is 12.9 Å². The van der Waals surface area contributed by atoms with Crippen LogP contribution in [0.25, 0.3) is 0 Å². The Hall–Kier alpha value is -2.09. The smallest absolute Gasteiger partial charge is 0.208 e. The quantitative estimate of drug-likeness (QED) is 0.219. The van der Waals surface area contributed by atoms with Crippen LogP contribution in [0.2, 0.25) is 1.41 Å². The van der Waals surface area contributed by atoms with Crippen LogP contribution in [0, 0.1) is 11.2 Å². The lowest BCUT2D eigenvalue weighted by atomic mass is 10.3. The molecule has 1 heterocycles. The molecule has 0 aliphatic rings. The van der Waals surface area contributed by atoms with Crippen molar-refractivity contribution in [3.8, 4) is 0 Å². The van der Waals surface area contributed by atoms with Gasteiger partial charge in [-0.05, 0) is 44.4 Å². The zero-order chi connectivity index (χ0) is 19.3. The first-order valence-electron chi connectivity index (χ1n) is 7.15. The van der Waals surface area contributed by atoms with E-state index in [0.717, 1.165) is 12.3 Å². The van der Waals surface area contributed by atoms with Gasteiger partial charge in [-0.25, -0.2) is 27.2 Å². The summed E-state index contributed by atoms with van der Waals surface area (Å²) in [4.78, 5) is 0. The maximum absolute atomic E-state index is 13.3. The van der Waals surface area contributed by atoms with Gasteiger partial charge >= 0.3 is 0 Å². The van der Waals surface area contributed by atoms with E-state index < -0.39 is 15.8 Å². The number of rotatable bonds is 7. The summed E-state index contributed by atoms with van der Waals surface area (Å²) in [6, 6.07) is 3.65. The van der Waals surface area contributed by atoms with E-state index in [-0.39, 0.29) is 40.6 Å². The van der Waals surface area contributed by atoms with Crippen LogP contribution in [0.4, 0.5) is 15.9 Å². The van der Waals surface area contributed by atoms with Gasteiger partial charge in [0.2, 0.25) is 15.8 Å². The van der Waals surface area contributed by atoms with Gasteiger partial charge in [-0.3, -0.25) is 10.6 Å². The lowest BCUT2D eigenvalue weighted by Crippen LogP contribution is -2.30. The summed E-state index contributed by atoms with van der Waals surface area (Å²) in [5.74, 6) is -0.842. The fraction of sp³-hybridized carbons (Fsp3) is 0.250. The summed E-state index contributed by atoms with van der Waals surface area (Å²) in [6.45, 7) is 0.194. The molecule has 2 aromatic rings. The van der Waals surface area contributed by atoms with Gasteiger partial charge in [-0.15, -0.1) is 0 Å². The molecule has 1 aromatic carbocycles. The van der Waals surface area contributed by atoms with Gasteiger partial charge in [0, 0.05) is 13.1 Å². The highest BCUT2D eigenvalue weighted by molar-refractivity contribution is 9.10. The monoisotopic (exact) mass is 436 g/mol. The van der Waals surface area contributed by atoms with Gasteiger partial charge < -0.3 is 5.32 Å². The van der Waals surface area contributed by atoms with E-state index in [2.05, 4.69) is 46.3 Å². The average molecular weight is 437 g/mol. The van der Waals surface area contributed by atoms with Crippen LogP contribution in [-0.2, 0) is 10.0 Å². The molecule has 0 saturated heterocycles. The Bertz CT molecular complexity index is 909. The molecule has 0 aliphatic heterocycles. The molecule has 1 aromatic heterocycles. The van der Waals surface area contributed by atoms with Crippen LogP contribution >= 0.6 is 15.9 Å². The normalized spacial score (nSPS) is 12.8. The Kier molecular flexibility index (Phi) is 5.57. The number of nitrogens with zero attached hydrogens (tertiary/aromatic N) is 3. The second-order valence-corrected chi connectivity index (χ2v) is 7.48. The molecule has 0 radical (unpaired) electrons. The lowest BCUT2D eigenvalue weighted by Gasteiger charge is -2.16. The zero-order valence-electron chi connectivity index (χ0n) is 13.8. The number of halogens is 2. The van der Waals surface area contributed by atoms with E-state index in [1.165, 1.54) is 12.1 Å². The van der Waals surface area contributed by atoms with Gasteiger partial charge in [0.05, 0.1) is 16.4 Å². The minimum atomic E-state index is -3.34. The van der Waals surface area contributed by atoms with Crippen molar-refractivity contribution < 1.29 is 24.1 Å². The van der Waals surface area contributed by atoms with Crippen LogP contribution < -0.4 is 15.1 Å². The van der Waals surface area contributed by atoms with E-state index in [1.54, 1.807) is 0 Å². The van der Waals surface area contributed by atoms with E-state index in [4.69, 9.17) is 1.41 Å². The third-order valence-electron chi connectivity index (χ3n) is 2.83. The summed E-state index contributed by atoms with van der Waals surface area (Å²) in [7, 11) is -3.34. The summed E-state index contributed by atoms with van der Waals surface area (Å²) in [5.41, 5.74) is 0.0132. The number of anilines is 2. The average Bonchev–Trinajstić information content (AvgIpc) is 3.02. The number of hydrogen-bond acceptors (Lipinski definition) is 8. The van der Waals surface area contributed by atoms with Gasteiger partial charge in [-0.1, -0.05) is 0 Å². The molecule has 0 amide bonds. The van der Waals surface area contributed by atoms with E-state index >= 15 is 0 Å². The molecule has 0 aliphatic carbocycles. The van der Waals surface area contributed by atoms with Crippen molar-refractivity contribution in [1.82, 2.24) is 15.0 Å². The van der Waals surface area contributed by atoms with E-state index in [0.29, 0.717) is 5.06 Å². The fourth-order valence-corrected chi connectivity index (χ4v) is 2.55. The minimum absolute atomic E-state index is 0.0338. The Morgan fingerprint density at radius 3 is 2.92 bits per heavy atom. The minimum Gasteiger partial charge on any atom is -0.364 e. The summed E-state index contributed by atoms with van der Waals surface area (Å²) >= 11 is 2.99. The standard InChI is InChI=1S/C12H14BrFN6O4S/c1-25(22,23)17-5-4-16-12-10(18-24-19-12)11(15)20(21)7-2-3-9(14)8(13)6-7/h2-3,6,15,17,21H,4-5H2,1H3,(H,16,19)/b15-11-. The molecule has 0 spiro atoms. The van der Waals surface area contributed by atoms with Crippen LogP contribution in [0.1, 0.15) is 5.69 Å². The van der Waals surface area contributed by atoms with Crippen LogP contribution in [0.3, 0.4) is 0 Å². The Labute approximate surface area is 152 Å². The third-order valence-corrected chi connectivity index (χ3v) is 4.17. The number of benzene rings is 1. The molecule has 25 heavy (non-hydrogen) atoms. The summed E-state index contributed by atoms with van der Waals surface area (Å²) in [5, 5.41) is 23.9. The van der Waals surface area contributed by atoms with Crippen molar-refractivity contribution in [2.75, 3.05) is 29.7 Å². The number of hydroxylamine groups is 1. The van der Waals surface area contributed by atoms with Crippen molar-refractivity contribution in [1.29, 1.82) is 5.40 Å². The maximum atomic E-state index is 13.3. The van der Waals surface area contributed by atoms with Crippen molar-refractivity contribution in [3.05, 3.63) is 34.2 Å². The second kappa shape index (κ2) is 7.86. The van der Waals surface area contributed by atoms with Gasteiger partial charge in [-0.2, -0.15) is 0 Å². The highest BCUT2D eigenvalue weighted by Crippen LogP contribution is 2.24. The number of nitrogens with one attached hydrogen (secondary N) is 3. The van der Waals surface area contributed by atoms with Crippen molar-refractivity contribution in [2.24, 2.45) is 0 Å². The van der Waals surface area contributed by atoms with E-state index in [9.17, 15) is 18.0 Å². The van der Waals surface area contributed by atoms with E-state index in [1.807, 2.05) is 0 Å². The predicted octanol–water partition coefficient (Wildman–Crippen LogP) is 1.15. The van der Waals surface area contributed by atoms with Crippen LogP contribution in [-0.4, -0.2) is 49.1 Å². The van der Waals surface area contributed by atoms with Crippen molar-refractivity contribution in [2.45, 2.75) is 0 Å². The second-order valence-electron chi connectivity index (χ2n) is 4.79. The zero-order valence-corrected chi connectivity index (χ0v) is 15.2. The SMILES string of the molecule is [H]/N=C(/c1nonc1NCCNS(C)(=O)=O)N(O)c1ccc(F)c(Br)c1. The summed E-state index contributed by atoms with van der Waals surface area (Å²) < 4.78 is 49.6. The molecule has 0 saturated carbocycles. The number of aromatic nitrogens is 2. The Balaban J connectivity index is 2.15. The molecule has 2 rings (SSSR count). The first-order valence-corrected chi connectivity index (χ1v) is 9.39. The highest BCUT2D eigenvalue weighted by atomic mass is 79.9. The molecule has 0 unspecified atom stereocenters. The Morgan fingerprint density at radius 2 is 2.28 bits per heavy atom. The Morgan fingerprint density at radius 1 is 1.52 bits per heavy atom. The molecule has 0 atom stereocenters. The molecule has 4 N–H and O–H groups in total. The predicted molar refractivity (Wildman–Crippen MR) is 90.8 cm³/mol. The van der Waals surface area contributed by atoms with Gasteiger partial charge in [0.1, 0.15) is 5.82 Å². The molecule has 136 valence electrons. The lowest BCUT2D eigenvalue weighted by molar-refractivity contribution is 0.300. The first kappa shape index (κ1) is 17.7. The molecule has 10 nitrogen and oxygen atoms in total. The third kappa shape index (κ3) is 5.19. The van der Waals surface area contributed by atoms with Crippen molar-refractivity contribution >= 4 is 43.3 Å². The number of amidine groups is 1. The highest BCUT2D eigenvalue weighted by Gasteiger charge is 2.21. The van der Waals surface area contributed by atoms with Crippen molar-refractivity contribution in [3.63, 3.8) is 0 Å². The van der Waals surface area contributed by atoms with Crippen LogP contribution in [0.15, 0.2) is 27.3 Å². The first-order chi connectivity index (χ1) is 12.2. The maximum Gasteiger partial charge on any atom is 0.208 e. The molecule has 13 heteroatoms. The number of hydrogen-bond donors (Lipinski definition) is 4. The fourth-order valence-electron chi connectivity index (χ4n) is 1.71. The number of sulfonamides is 1. The van der Waals surface area contributed by atoms with Crippen LogP contribution in [0.5, 0.6) is 0 Å². The molecule has 0 fully saturated rings. The molecule has 0 bridgehead atoms. The van der Waals surface area contributed by atoms with Gasteiger partial charge in [0.25, 0.3) is 0 Å². The largest absolute Gasteiger partial charge is 0.364 e. The topological polar surface area (TPSA) is 144 Å².